The smallest absolute Gasteiger partial charge is 0.137 e. The molecule has 2 aliphatic carbocycles. The number of nitrogens with zero attached hydrogens (tertiary/aromatic N) is 2. The quantitative estimate of drug-likeness (QED) is 0.849. The first kappa shape index (κ1) is 10.3. The van der Waals surface area contributed by atoms with Gasteiger partial charge in [-0.15, -0.1) is 0 Å². The van der Waals surface area contributed by atoms with Gasteiger partial charge < -0.3 is 9.67 Å². The van der Waals surface area contributed by atoms with E-state index in [1.54, 1.807) is 6.20 Å². The minimum absolute atomic E-state index is 0.331. The molecule has 3 unspecified atom stereocenters. The van der Waals surface area contributed by atoms with E-state index in [1.807, 2.05) is 6.20 Å². The fraction of sp³-hybridized carbons (Fsp3) is 0.769. The zero-order valence-corrected chi connectivity index (χ0v) is 9.84. The molecule has 1 N–H and O–H groups in total. The average Bonchev–Trinajstić information content (AvgIpc) is 2.84. The lowest BCUT2D eigenvalue weighted by atomic mass is 10.0. The van der Waals surface area contributed by atoms with Gasteiger partial charge in [-0.25, -0.2) is 4.98 Å². The summed E-state index contributed by atoms with van der Waals surface area (Å²) in [6.07, 6.45) is 8.78. The zero-order valence-electron chi connectivity index (χ0n) is 9.84. The van der Waals surface area contributed by atoms with Gasteiger partial charge in [0, 0.05) is 18.9 Å². The van der Waals surface area contributed by atoms with E-state index in [-0.39, 0.29) is 6.10 Å². The molecule has 88 valence electrons. The second-order valence-corrected chi connectivity index (χ2v) is 5.21. The number of fused-ring (bicyclic) bond motifs is 1. The third kappa shape index (κ3) is 1.49. The van der Waals surface area contributed by atoms with Crippen LogP contribution < -0.4 is 0 Å². The zero-order chi connectivity index (χ0) is 11.1. The summed E-state index contributed by atoms with van der Waals surface area (Å²) in [5.41, 5.74) is 0. The van der Waals surface area contributed by atoms with Crippen molar-refractivity contribution in [3.05, 3.63) is 18.2 Å². The number of aliphatic hydroxyl groups excluding tert-OH is 1. The van der Waals surface area contributed by atoms with E-state index in [1.165, 1.54) is 25.7 Å². The van der Waals surface area contributed by atoms with E-state index in [2.05, 4.69) is 16.5 Å². The standard InChI is InChI=1S/C13H20N2O/c1-2-15-8-7-14-13(15)12(16)11-9-5-3-4-6-10(9)11/h7-12,16H,2-6H2,1H3. The predicted octanol–water partition coefficient (Wildman–Crippen LogP) is 2.37. The Morgan fingerprint density at radius 3 is 2.75 bits per heavy atom. The first-order valence-electron chi connectivity index (χ1n) is 6.52. The van der Waals surface area contributed by atoms with Crippen LogP contribution >= 0.6 is 0 Å². The highest BCUT2D eigenvalue weighted by Gasteiger charge is 2.55. The van der Waals surface area contributed by atoms with E-state index in [0.717, 1.165) is 24.2 Å². The molecule has 1 heterocycles. The molecule has 0 aromatic carbocycles. The Balaban J connectivity index is 1.76. The van der Waals surface area contributed by atoms with Crippen molar-refractivity contribution in [3.8, 4) is 0 Å². The molecule has 2 aliphatic rings. The van der Waals surface area contributed by atoms with E-state index in [0.29, 0.717) is 5.92 Å². The molecule has 3 heteroatoms. The molecule has 0 aliphatic heterocycles. The van der Waals surface area contributed by atoms with Crippen LogP contribution in [0.15, 0.2) is 12.4 Å². The van der Waals surface area contributed by atoms with Crippen molar-refractivity contribution in [1.82, 2.24) is 9.55 Å². The first-order valence-corrected chi connectivity index (χ1v) is 6.52. The van der Waals surface area contributed by atoms with E-state index < -0.39 is 0 Å². The molecule has 1 aromatic rings. The van der Waals surface area contributed by atoms with Crippen LogP contribution in [0, 0.1) is 17.8 Å². The van der Waals surface area contributed by atoms with Crippen LogP contribution in [0.2, 0.25) is 0 Å². The van der Waals surface area contributed by atoms with Gasteiger partial charge in [0.2, 0.25) is 0 Å². The van der Waals surface area contributed by atoms with Gasteiger partial charge in [0.05, 0.1) is 0 Å². The Labute approximate surface area is 96.5 Å². The summed E-state index contributed by atoms with van der Waals surface area (Å²) in [5, 5.41) is 10.4. The Morgan fingerprint density at radius 2 is 2.12 bits per heavy atom. The van der Waals surface area contributed by atoms with Crippen molar-refractivity contribution in [3.63, 3.8) is 0 Å². The molecule has 2 fully saturated rings. The Bertz CT molecular complexity index is 362. The number of aryl methyl sites for hydroxylation is 1. The summed E-state index contributed by atoms with van der Waals surface area (Å²) < 4.78 is 2.06. The van der Waals surface area contributed by atoms with Crippen LogP contribution in [0.4, 0.5) is 0 Å². The second kappa shape index (κ2) is 3.88. The maximum absolute atomic E-state index is 10.4. The van der Waals surface area contributed by atoms with Gasteiger partial charge in [-0.05, 0) is 37.5 Å². The Kier molecular flexibility index (Phi) is 2.51. The summed E-state index contributed by atoms with van der Waals surface area (Å²) in [5.74, 6) is 2.94. The molecule has 3 nitrogen and oxygen atoms in total. The molecule has 0 radical (unpaired) electrons. The largest absolute Gasteiger partial charge is 0.385 e. The van der Waals surface area contributed by atoms with Gasteiger partial charge in [-0.2, -0.15) is 0 Å². The number of hydrogen-bond donors (Lipinski definition) is 1. The molecule has 0 spiro atoms. The van der Waals surface area contributed by atoms with E-state index in [4.69, 9.17) is 0 Å². The monoisotopic (exact) mass is 220 g/mol. The highest BCUT2D eigenvalue weighted by molar-refractivity contribution is 5.09. The van der Waals surface area contributed by atoms with Crippen LogP contribution in [-0.4, -0.2) is 14.7 Å². The highest BCUT2D eigenvalue weighted by atomic mass is 16.3. The fourth-order valence-corrected chi connectivity index (χ4v) is 3.54. The minimum atomic E-state index is -0.331. The van der Waals surface area contributed by atoms with E-state index in [9.17, 15) is 5.11 Å². The molecule has 2 saturated carbocycles. The van der Waals surface area contributed by atoms with Gasteiger partial charge in [0.25, 0.3) is 0 Å². The third-order valence-electron chi connectivity index (χ3n) is 4.44. The van der Waals surface area contributed by atoms with Crippen molar-refractivity contribution >= 4 is 0 Å². The molecule has 3 atom stereocenters. The number of hydrogen-bond acceptors (Lipinski definition) is 2. The summed E-state index contributed by atoms with van der Waals surface area (Å²) >= 11 is 0. The van der Waals surface area contributed by atoms with Crippen LogP contribution in [0.1, 0.15) is 44.5 Å². The number of aliphatic hydroxyl groups is 1. The Hall–Kier alpha value is -0.830. The molecule has 0 saturated heterocycles. The van der Waals surface area contributed by atoms with Gasteiger partial charge in [-0.1, -0.05) is 12.8 Å². The van der Waals surface area contributed by atoms with Gasteiger partial charge >= 0.3 is 0 Å². The molecule has 0 amide bonds. The number of imidazole rings is 1. The van der Waals surface area contributed by atoms with E-state index >= 15 is 0 Å². The van der Waals surface area contributed by atoms with Crippen LogP contribution in [0.5, 0.6) is 0 Å². The first-order chi connectivity index (χ1) is 7.83. The van der Waals surface area contributed by atoms with Crippen molar-refractivity contribution < 1.29 is 5.11 Å². The summed E-state index contributed by atoms with van der Waals surface area (Å²) in [6.45, 7) is 2.99. The van der Waals surface area contributed by atoms with Crippen molar-refractivity contribution in [2.24, 2.45) is 17.8 Å². The Morgan fingerprint density at radius 1 is 1.44 bits per heavy atom. The normalized spacial score (nSPS) is 34.5. The number of aromatic nitrogens is 2. The topological polar surface area (TPSA) is 38.0 Å². The van der Waals surface area contributed by atoms with Crippen molar-refractivity contribution in [2.75, 3.05) is 0 Å². The predicted molar refractivity (Wildman–Crippen MR) is 61.8 cm³/mol. The lowest BCUT2D eigenvalue weighted by Gasteiger charge is -2.11. The molecule has 3 rings (SSSR count). The second-order valence-electron chi connectivity index (χ2n) is 5.21. The fourth-order valence-electron chi connectivity index (χ4n) is 3.54. The maximum Gasteiger partial charge on any atom is 0.137 e. The summed E-state index contributed by atoms with van der Waals surface area (Å²) in [4.78, 5) is 4.32. The van der Waals surface area contributed by atoms with Gasteiger partial charge in [0.1, 0.15) is 11.9 Å². The lowest BCUT2D eigenvalue weighted by molar-refractivity contribution is 0.128. The molecule has 1 aromatic heterocycles. The van der Waals surface area contributed by atoms with Crippen LogP contribution in [0.25, 0.3) is 0 Å². The average molecular weight is 220 g/mol. The molecule has 16 heavy (non-hydrogen) atoms. The summed E-state index contributed by atoms with van der Waals surface area (Å²) in [7, 11) is 0. The third-order valence-corrected chi connectivity index (χ3v) is 4.44. The van der Waals surface area contributed by atoms with Crippen molar-refractivity contribution in [2.45, 2.75) is 45.3 Å². The highest BCUT2D eigenvalue weighted by Crippen LogP contribution is 2.60. The SMILES string of the molecule is CCn1ccnc1C(O)C1C2CCCCC21. The van der Waals surface area contributed by atoms with Crippen molar-refractivity contribution in [1.29, 1.82) is 0 Å². The lowest BCUT2D eigenvalue weighted by Crippen LogP contribution is -2.10. The molecule has 0 bridgehead atoms. The van der Waals surface area contributed by atoms with Gasteiger partial charge in [0.15, 0.2) is 0 Å². The minimum Gasteiger partial charge on any atom is -0.385 e. The van der Waals surface area contributed by atoms with Crippen LogP contribution in [-0.2, 0) is 6.54 Å². The number of rotatable bonds is 3. The summed E-state index contributed by atoms with van der Waals surface area (Å²) in [6, 6.07) is 0. The maximum atomic E-state index is 10.4. The molecular weight excluding hydrogens is 200 g/mol. The van der Waals surface area contributed by atoms with Gasteiger partial charge in [-0.3, -0.25) is 0 Å². The molecular formula is C13H20N2O. The van der Waals surface area contributed by atoms with Crippen LogP contribution in [0.3, 0.4) is 0 Å².